The highest BCUT2D eigenvalue weighted by molar-refractivity contribution is 7.91. The van der Waals surface area contributed by atoms with Gasteiger partial charge in [0.15, 0.2) is 9.84 Å². The Morgan fingerprint density at radius 1 is 1.04 bits per heavy atom. The van der Waals surface area contributed by atoms with Gasteiger partial charge in [-0.25, -0.2) is 8.42 Å². The Kier molecular flexibility index (Phi) is 6.43. The molecular formula is C21H30O4S. The van der Waals surface area contributed by atoms with Crippen molar-refractivity contribution in [3.63, 3.8) is 0 Å². The second kappa shape index (κ2) is 8.03. The van der Waals surface area contributed by atoms with E-state index < -0.39 is 21.0 Å². The van der Waals surface area contributed by atoms with Crippen LogP contribution in [-0.2, 0) is 19.4 Å². The molecule has 5 heteroatoms. The van der Waals surface area contributed by atoms with Crippen LogP contribution in [0.1, 0.15) is 67.7 Å². The van der Waals surface area contributed by atoms with E-state index in [0.29, 0.717) is 12.8 Å². The molecule has 0 aromatic heterocycles. The van der Waals surface area contributed by atoms with Gasteiger partial charge in [-0.2, -0.15) is 0 Å². The van der Waals surface area contributed by atoms with E-state index in [1.807, 2.05) is 39.8 Å². The molecule has 1 aliphatic rings. The van der Waals surface area contributed by atoms with Crippen LogP contribution in [0.3, 0.4) is 0 Å². The molecule has 26 heavy (non-hydrogen) atoms. The molecule has 1 aliphatic carbocycles. The molecule has 4 nitrogen and oxygen atoms in total. The molecule has 0 aliphatic heterocycles. The Balaban J connectivity index is 2.18. The zero-order valence-corrected chi connectivity index (χ0v) is 17.3. The highest BCUT2D eigenvalue weighted by Crippen LogP contribution is 2.36. The van der Waals surface area contributed by atoms with Crippen LogP contribution in [0, 0.1) is 26.7 Å². The van der Waals surface area contributed by atoms with Crippen LogP contribution in [0.25, 0.3) is 0 Å². The molecule has 1 atom stereocenters. The number of sulfone groups is 1. The molecule has 2 rings (SSSR count). The van der Waals surface area contributed by atoms with Crippen molar-refractivity contribution >= 4 is 21.4 Å². The Hall–Kier alpha value is -1.49. The maximum absolute atomic E-state index is 12.8. The van der Waals surface area contributed by atoms with E-state index in [4.69, 9.17) is 0 Å². The quantitative estimate of drug-likeness (QED) is 0.705. The molecule has 1 saturated carbocycles. The second-order valence-corrected chi connectivity index (χ2v) is 10.4. The normalized spacial score (nSPS) is 22.5. The number of hydrogen-bond acceptors (Lipinski definition) is 4. The summed E-state index contributed by atoms with van der Waals surface area (Å²) >= 11 is 0. The lowest BCUT2D eigenvalue weighted by atomic mass is 9.73. The lowest BCUT2D eigenvalue weighted by Crippen LogP contribution is -2.35. The van der Waals surface area contributed by atoms with Crippen molar-refractivity contribution in [1.29, 1.82) is 0 Å². The number of hydrogen-bond donors (Lipinski definition) is 0. The summed E-state index contributed by atoms with van der Waals surface area (Å²) in [5, 5.41) is -0.507. The summed E-state index contributed by atoms with van der Waals surface area (Å²) in [5.74, 6) is -0.830. The molecule has 0 N–H and O–H groups in total. The lowest BCUT2D eigenvalue weighted by Gasteiger charge is -2.30. The van der Waals surface area contributed by atoms with Gasteiger partial charge < -0.3 is 0 Å². The van der Waals surface area contributed by atoms with Crippen LogP contribution in [0.4, 0.5) is 0 Å². The molecule has 0 spiro atoms. The van der Waals surface area contributed by atoms with Crippen molar-refractivity contribution in [3.8, 4) is 0 Å². The highest BCUT2D eigenvalue weighted by atomic mass is 32.2. The zero-order valence-electron chi connectivity index (χ0n) is 16.5. The van der Waals surface area contributed by atoms with E-state index in [1.165, 1.54) is 0 Å². The third-order valence-electron chi connectivity index (χ3n) is 5.42. The number of Topliss-reactive ketones (excluding diaryl/α,β-unsaturated/α-hetero) is 2. The summed E-state index contributed by atoms with van der Waals surface area (Å²) in [6.07, 6.45) is 1.55. The van der Waals surface area contributed by atoms with Crippen molar-refractivity contribution in [2.45, 2.75) is 71.5 Å². The summed E-state index contributed by atoms with van der Waals surface area (Å²) in [5.41, 5.74) is 3.92. The van der Waals surface area contributed by atoms with Gasteiger partial charge in [0.05, 0.1) is 11.0 Å². The fourth-order valence-corrected chi connectivity index (χ4v) is 5.83. The molecule has 0 radical (unpaired) electrons. The standard InChI is InChI=1S/C21H30O4S/c1-6-7-26(24,25)16(5)10-17-11-18(22)21(19(23)12-17)20-14(3)8-13(2)9-15(20)4/h8-9,16-17,21H,6-7,10-12H2,1-5H3. The van der Waals surface area contributed by atoms with Crippen LogP contribution in [-0.4, -0.2) is 31.0 Å². The summed E-state index contributed by atoms with van der Waals surface area (Å²) in [6.45, 7) is 9.43. The average molecular weight is 379 g/mol. The number of carbonyl (C=O) groups excluding carboxylic acids is 2. The summed E-state index contributed by atoms with van der Waals surface area (Å²) in [6, 6.07) is 4.02. The number of rotatable bonds is 6. The third-order valence-corrected chi connectivity index (χ3v) is 7.81. The van der Waals surface area contributed by atoms with Crippen LogP contribution >= 0.6 is 0 Å². The maximum Gasteiger partial charge on any atom is 0.152 e. The molecule has 0 amide bonds. The van der Waals surface area contributed by atoms with E-state index in [-0.39, 0.29) is 36.1 Å². The number of ketones is 2. The van der Waals surface area contributed by atoms with Gasteiger partial charge in [0, 0.05) is 12.8 Å². The van der Waals surface area contributed by atoms with Gasteiger partial charge in [0.1, 0.15) is 17.5 Å². The first kappa shape index (κ1) is 20.8. The van der Waals surface area contributed by atoms with Gasteiger partial charge in [0.2, 0.25) is 0 Å². The predicted molar refractivity (Wildman–Crippen MR) is 104 cm³/mol. The van der Waals surface area contributed by atoms with E-state index in [2.05, 4.69) is 0 Å². The lowest BCUT2D eigenvalue weighted by molar-refractivity contribution is -0.133. The molecule has 1 unspecified atom stereocenters. The molecule has 0 bridgehead atoms. The van der Waals surface area contributed by atoms with Gasteiger partial charge in [-0.3, -0.25) is 9.59 Å². The van der Waals surface area contributed by atoms with Crippen molar-refractivity contribution in [3.05, 3.63) is 34.4 Å². The molecule has 1 fully saturated rings. The van der Waals surface area contributed by atoms with E-state index in [9.17, 15) is 18.0 Å². The summed E-state index contributed by atoms with van der Waals surface area (Å²) < 4.78 is 24.4. The molecule has 1 aromatic rings. The van der Waals surface area contributed by atoms with Gasteiger partial charge in [-0.15, -0.1) is 0 Å². The second-order valence-electron chi connectivity index (χ2n) is 7.87. The number of aryl methyl sites for hydroxylation is 3. The largest absolute Gasteiger partial charge is 0.299 e. The smallest absolute Gasteiger partial charge is 0.152 e. The highest BCUT2D eigenvalue weighted by Gasteiger charge is 2.39. The van der Waals surface area contributed by atoms with Crippen molar-refractivity contribution in [2.24, 2.45) is 5.92 Å². The summed E-state index contributed by atoms with van der Waals surface area (Å²) in [7, 11) is -3.15. The molecule has 0 heterocycles. The van der Waals surface area contributed by atoms with Gasteiger partial charge in [-0.1, -0.05) is 24.6 Å². The van der Waals surface area contributed by atoms with E-state index >= 15 is 0 Å². The summed E-state index contributed by atoms with van der Waals surface area (Å²) in [4.78, 5) is 25.6. The Labute approximate surface area is 157 Å². The molecule has 1 aromatic carbocycles. The van der Waals surface area contributed by atoms with Crippen LogP contribution < -0.4 is 0 Å². The van der Waals surface area contributed by atoms with Crippen LogP contribution in [0.15, 0.2) is 12.1 Å². The van der Waals surface area contributed by atoms with Crippen molar-refractivity contribution < 1.29 is 18.0 Å². The SMILES string of the molecule is CCCS(=O)(=O)C(C)CC1CC(=O)C(c2c(C)cc(C)cc2C)C(=O)C1. The number of carbonyl (C=O) groups is 2. The predicted octanol–water partition coefficient (Wildman–Crippen LogP) is 3.85. The first-order valence-corrected chi connectivity index (χ1v) is 11.1. The monoisotopic (exact) mass is 378 g/mol. The molecule has 0 saturated heterocycles. The first-order chi connectivity index (χ1) is 12.1. The first-order valence-electron chi connectivity index (χ1n) is 9.41. The number of benzene rings is 1. The average Bonchev–Trinajstić information content (AvgIpc) is 2.48. The van der Waals surface area contributed by atoms with Gasteiger partial charge >= 0.3 is 0 Å². The minimum Gasteiger partial charge on any atom is -0.299 e. The zero-order chi connectivity index (χ0) is 19.6. The van der Waals surface area contributed by atoms with Crippen molar-refractivity contribution in [2.75, 3.05) is 5.75 Å². The fraction of sp³-hybridized carbons (Fsp3) is 0.619. The Morgan fingerprint density at radius 3 is 2.00 bits per heavy atom. The minimum atomic E-state index is -3.15. The molecular weight excluding hydrogens is 348 g/mol. The fourth-order valence-electron chi connectivity index (χ4n) is 4.29. The van der Waals surface area contributed by atoms with Crippen molar-refractivity contribution in [1.82, 2.24) is 0 Å². The van der Waals surface area contributed by atoms with Gasteiger partial charge in [0.25, 0.3) is 0 Å². The van der Waals surface area contributed by atoms with E-state index in [1.54, 1.807) is 6.92 Å². The minimum absolute atomic E-state index is 0.0682. The third kappa shape index (κ3) is 4.43. The Bertz CT molecular complexity index is 766. The van der Waals surface area contributed by atoms with E-state index in [0.717, 1.165) is 22.3 Å². The Morgan fingerprint density at radius 2 is 1.54 bits per heavy atom. The van der Waals surface area contributed by atoms with Crippen LogP contribution in [0.5, 0.6) is 0 Å². The molecule has 144 valence electrons. The maximum atomic E-state index is 12.8. The topological polar surface area (TPSA) is 68.3 Å². The van der Waals surface area contributed by atoms with Crippen LogP contribution in [0.2, 0.25) is 0 Å². The van der Waals surface area contributed by atoms with Gasteiger partial charge in [-0.05, 0) is 63.1 Å².